The molecule has 1 saturated heterocycles. The molecule has 0 atom stereocenters. The van der Waals surface area contributed by atoms with E-state index < -0.39 is 0 Å². The molecule has 0 aromatic carbocycles. The number of likely N-dealkylation sites (tertiary alicyclic amines) is 1. The maximum absolute atomic E-state index is 12.7. The third-order valence-corrected chi connectivity index (χ3v) is 5.82. The van der Waals surface area contributed by atoms with Crippen molar-refractivity contribution in [1.82, 2.24) is 19.8 Å². The molecule has 2 aromatic heterocycles. The molecule has 0 bridgehead atoms. The molecule has 2 aliphatic rings. The second-order valence-electron chi connectivity index (χ2n) is 8.92. The lowest BCUT2D eigenvalue weighted by molar-refractivity contribution is 0.0522. The van der Waals surface area contributed by atoms with Crippen LogP contribution in [-0.2, 0) is 10.8 Å². The maximum atomic E-state index is 12.7. The minimum Gasteiger partial charge on any atom is -0.459 e. The first-order chi connectivity index (χ1) is 13.2. The third-order valence-electron chi connectivity index (χ3n) is 5.82. The van der Waals surface area contributed by atoms with Gasteiger partial charge in [0.1, 0.15) is 5.82 Å². The monoisotopic (exact) mass is 382 g/mol. The van der Waals surface area contributed by atoms with E-state index in [2.05, 4.69) is 25.8 Å². The molecule has 2 aromatic rings. The number of carbonyl (C=O) groups is 2. The lowest BCUT2D eigenvalue weighted by Gasteiger charge is -2.46. The van der Waals surface area contributed by atoms with Crippen LogP contribution in [0, 0.1) is 0 Å². The van der Waals surface area contributed by atoms with Crippen LogP contribution in [0.25, 0.3) is 0 Å². The first kappa shape index (κ1) is 18.7. The number of piperidine rings is 1. The van der Waals surface area contributed by atoms with E-state index in [1.165, 1.54) is 6.26 Å². The second-order valence-corrected chi connectivity index (χ2v) is 8.92. The summed E-state index contributed by atoms with van der Waals surface area (Å²) in [5.74, 6) is 0.996. The number of likely N-dealkylation sites (N-methyl/N-ethyl adjacent to an activating group) is 1. The smallest absolute Gasteiger partial charge is 0.289 e. The molecule has 0 radical (unpaired) electrons. The van der Waals surface area contributed by atoms with Gasteiger partial charge < -0.3 is 14.2 Å². The Kier molecular flexibility index (Phi) is 4.28. The number of hydrogen-bond donors (Lipinski definition) is 0. The van der Waals surface area contributed by atoms with Crippen LogP contribution in [0.5, 0.6) is 0 Å². The summed E-state index contributed by atoms with van der Waals surface area (Å²) in [6, 6.07) is 3.42. The van der Waals surface area contributed by atoms with Crippen molar-refractivity contribution in [2.45, 2.75) is 44.4 Å². The van der Waals surface area contributed by atoms with E-state index in [0.29, 0.717) is 31.0 Å². The lowest BCUT2D eigenvalue weighted by Crippen LogP contribution is -2.54. The molecule has 2 aliphatic heterocycles. The van der Waals surface area contributed by atoms with E-state index in [1.54, 1.807) is 23.2 Å². The molecule has 1 spiro atoms. The highest BCUT2D eigenvalue weighted by molar-refractivity contribution is 5.96. The van der Waals surface area contributed by atoms with Crippen molar-refractivity contribution >= 4 is 11.8 Å². The van der Waals surface area contributed by atoms with Gasteiger partial charge in [-0.15, -0.1) is 0 Å². The maximum Gasteiger partial charge on any atom is 0.289 e. The number of fused-ring (bicyclic) bond motifs is 2. The molecule has 7 nitrogen and oxygen atoms in total. The van der Waals surface area contributed by atoms with Crippen molar-refractivity contribution in [2.75, 3.05) is 26.7 Å². The van der Waals surface area contributed by atoms with Gasteiger partial charge >= 0.3 is 0 Å². The molecular formula is C21H26N4O3. The van der Waals surface area contributed by atoms with Crippen LogP contribution in [0.3, 0.4) is 0 Å². The van der Waals surface area contributed by atoms with E-state index in [1.807, 2.05) is 11.9 Å². The van der Waals surface area contributed by atoms with Gasteiger partial charge in [0.2, 0.25) is 0 Å². The van der Waals surface area contributed by atoms with Crippen molar-refractivity contribution in [3.05, 3.63) is 47.4 Å². The average molecular weight is 382 g/mol. The first-order valence-corrected chi connectivity index (χ1v) is 9.67. The Morgan fingerprint density at radius 1 is 1.25 bits per heavy atom. The van der Waals surface area contributed by atoms with Gasteiger partial charge in [-0.1, -0.05) is 20.8 Å². The Morgan fingerprint density at radius 3 is 2.57 bits per heavy atom. The van der Waals surface area contributed by atoms with Crippen LogP contribution in [-0.4, -0.2) is 58.3 Å². The zero-order valence-electron chi connectivity index (χ0n) is 16.9. The fraction of sp³-hybridized carbons (Fsp3) is 0.524. The van der Waals surface area contributed by atoms with Crippen LogP contribution < -0.4 is 0 Å². The van der Waals surface area contributed by atoms with Crippen molar-refractivity contribution in [2.24, 2.45) is 0 Å². The fourth-order valence-electron chi connectivity index (χ4n) is 4.20. The minimum atomic E-state index is -0.249. The molecule has 2 amide bonds. The topological polar surface area (TPSA) is 79.5 Å². The molecule has 0 aliphatic carbocycles. The van der Waals surface area contributed by atoms with Crippen molar-refractivity contribution in [1.29, 1.82) is 0 Å². The van der Waals surface area contributed by atoms with Crippen LogP contribution in [0.2, 0.25) is 0 Å². The van der Waals surface area contributed by atoms with E-state index in [0.717, 1.165) is 24.4 Å². The van der Waals surface area contributed by atoms with E-state index >= 15 is 0 Å². The van der Waals surface area contributed by atoms with Gasteiger partial charge in [-0.3, -0.25) is 9.59 Å². The fourth-order valence-corrected chi connectivity index (χ4v) is 4.20. The number of hydrogen-bond acceptors (Lipinski definition) is 5. The highest BCUT2D eigenvalue weighted by Gasteiger charge is 2.46. The van der Waals surface area contributed by atoms with Gasteiger partial charge in [0.05, 0.1) is 17.5 Å². The zero-order chi connectivity index (χ0) is 20.1. The number of amides is 2. The van der Waals surface area contributed by atoms with Gasteiger partial charge in [0, 0.05) is 43.7 Å². The SMILES string of the molecule is CN1CC2(CCN(C(=O)c3ccco3)CC2)c2nc(C(C)(C)C)ncc2C1=O. The molecule has 7 heteroatoms. The van der Waals surface area contributed by atoms with Gasteiger partial charge in [-0.2, -0.15) is 0 Å². The summed E-state index contributed by atoms with van der Waals surface area (Å²) >= 11 is 0. The Bertz CT molecular complexity index is 906. The van der Waals surface area contributed by atoms with Crippen LogP contribution in [0.1, 0.15) is 66.0 Å². The minimum absolute atomic E-state index is 0.0322. The molecule has 4 heterocycles. The Balaban J connectivity index is 1.66. The van der Waals surface area contributed by atoms with Crippen molar-refractivity contribution in [3.63, 3.8) is 0 Å². The molecule has 0 N–H and O–H groups in total. The molecule has 148 valence electrons. The highest BCUT2D eigenvalue weighted by Crippen LogP contribution is 2.41. The molecule has 0 saturated carbocycles. The second kappa shape index (κ2) is 6.43. The summed E-state index contributed by atoms with van der Waals surface area (Å²) < 4.78 is 5.26. The Morgan fingerprint density at radius 2 is 1.96 bits per heavy atom. The Labute approximate surface area is 164 Å². The normalized spacial score (nSPS) is 19.1. The third kappa shape index (κ3) is 2.99. The summed E-state index contributed by atoms with van der Waals surface area (Å²) in [5.41, 5.74) is 0.993. The molecule has 4 rings (SSSR count). The quantitative estimate of drug-likeness (QED) is 0.757. The predicted molar refractivity (Wildman–Crippen MR) is 103 cm³/mol. The van der Waals surface area contributed by atoms with Crippen molar-refractivity contribution in [3.8, 4) is 0 Å². The van der Waals surface area contributed by atoms with Gasteiger partial charge in [0.25, 0.3) is 11.8 Å². The van der Waals surface area contributed by atoms with Crippen molar-refractivity contribution < 1.29 is 14.0 Å². The van der Waals surface area contributed by atoms with E-state index in [4.69, 9.17) is 9.40 Å². The number of rotatable bonds is 1. The molecule has 28 heavy (non-hydrogen) atoms. The first-order valence-electron chi connectivity index (χ1n) is 9.67. The number of aromatic nitrogens is 2. The summed E-state index contributed by atoms with van der Waals surface area (Å²) in [7, 11) is 1.82. The summed E-state index contributed by atoms with van der Waals surface area (Å²) in [4.78, 5) is 38.3. The zero-order valence-corrected chi connectivity index (χ0v) is 16.9. The standard InChI is InChI=1S/C21H26N4O3/c1-20(2,3)19-22-12-14-16(23-19)21(13-24(4)17(14)26)7-9-25(10-8-21)18(27)15-6-5-11-28-15/h5-6,11-12H,7-10,13H2,1-4H3. The summed E-state index contributed by atoms with van der Waals surface area (Å²) in [6.07, 6.45) is 4.71. The summed E-state index contributed by atoms with van der Waals surface area (Å²) in [5, 5.41) is 0. The van der Waals surface area contributed by atoms with E-state index in [-0.39, 0.29) is 22.6 Å². The lowest BCUT2D eigenvalue weighted by atomic mass is 9.71. The van der Waals surface area contributed by atoms with Gasteiger partial charge in [-0.05, 0) is 25.0 Å². The number of carbonyl (C=O) groups excluding carboxylic acids is 2. The van der Waals surface area contributed by atoms with Gasteiger partial charge in [-0.25, -0.2) is 9.97 Å². The predicted octanol–water partition coefficient (Wildman–Crippen LogP) is 2.63. The van der Waals surface area contributed by atoms with Crippen LogP contribution in [0.4, 0.5) is 0 Å². The van der Waals surface area contributed by atoms with E-state index in [9.17, 15) is 9.59 Å². The number of furan rings is 1. The average Bonchev–Trinajstić information content (AvgIpc) is 3.20. The molecule has 1 fully saturated rings. The van der Waals surface area contributed by atoms with Gasteiger partial charge in [0.15, 0.2) is 5.76 Å². The Hall–Kier alpha value is -2.70. The van der Waals surface area contributed by atoms with Crippen LogP contribution in [0.15, 0.2) is 29.0 Å². The largest absolute Gasteiger partial charge is 0.459 e. The molecular weight excluding hydrogens is 356 g/mol. The number of nitrogens with zero attached hydrogens (tertiary/aromatic N) is 4. The van der Waals surface area contributed by atoms with Crippen LogP contribution >= 0.6 is 0 Å². The summed E-state index contributed by atoms with van der Waals surface area (Å²) in [6.45, 7) is 8.04. The molecule has 0 unspecified atom stereocenters. The highest BCUT2D eigenvalue weighted by atomic mass is 16.3.